The average molecular weight is 342 g/mol. The van der Waals surface area contributed by atoms with Gasteiger partial charge in [0.2, 0.25) is 0 Å². The highest BCUT2D eigenvalue weighted by Gasteiger charge is 2.20. The number of piperazine rings is 1. The number of benzene rings is 2. The standard InChI is InChI=1S/C20H23FN2O2/c1-22-9-11-23(12-10-22)14-19(24)18-8-7-17(21)13-20(18)25-15-16-5-3-2-4-6-16/h2-8,13H,9-12,14-15H2,1H3. The van der Waals surface area contributed by atoms with E-state index in [1.54, 1.807) is 0 Å². The van der Waals surface area contributed by atoms with E-state index >= 15 is 0 Å². The Labute approximate surface area is 147 Å². The lowest BCUT2D eigenvalue weighted by molar-refractivity contribution is 0.0872. The second-order valence-electron chi connectivity index (χ2n) is 6.42. The Hall–Kier alpha value is -2.24. The number of halogens is 1. The highest BCUT2D eigenvalue weighted by molar-refractivity contribution is 6.00. The summed E-state index contributed by atoms with van der Waals surface area (Å²) in [4.78, 5) is 17.1. The molecule has 1 saturated heterocycles. The molecule has 0 radical (unpaired) electrons. The monoisotopic (exact) mass is 342 g/mol. The number of ketones is 1. The molecule has 1 heterocycles. The minimum Gasteiger partial charge on any atom is -0.488 e. The fourth-order valence-electron chi connectivity index (χ4n) is 2.88. The Kier molecular flexibility index (Phi) is 5.79. The predicted molar refractivity (Wildman–Crippen MR) is 95.4 cm³/mol. The molecule has 3 rings (SSSR count). The molecule has 4 nitrogen and oxygen atoms in total. The molecule has 2 aromatic rings. The molecule has 1 aliphatic rings. The number of nitrogens with zero attached hydrogens (tertiary/aromatic N) is 2. The molecule has 0 bridgehead atoms. The summed E-state index contributed by atoms with van der Waals surface area (Å²) in [6, 6.07) is 13.8. The zero-order valence-electron chi connectivity index (χ0n) is 14.5. The molecule has 0 aromatic heterocycles. The van der Waals surface area contributed by atoms with Gasteiger partial charge in [0.1, 0.15) is 18.2 Å². The van der Waals surface area contributed by atoms with Gasteiger partial charge >= 0.3 is 0 Å². The molecule has 0 amide bonds. The number of likely N-dealkylation sites (N-methyl/N-ethyl adjacent to an activating group) is 1. The predicted octanol–water partition coefficient (Wildman–Crippen LogP) is 2.83. The van der Waals surface area contributed by atoms with Crippen LogP contribution >= 0.6 is 0 Å². The van der Waals surface area contributed by atoms with E-state index < -0.39 is 5.82 Å². The first-order chi connectivity index (χ1) is 12.1. The lowest BCUT2D eigenvalue weighted by Crippen LogP contribution is -2.46. The maximum atomic E-state index is 13.6. The number of Topliss-reactive ketones (excluding diaryl/α,β-unsaturated/α-hetero) is 1. The van der Waals surface area contributed by atoms with Crippen LogP contribution in [-0.2, 0) is 6.61 Å². The van der Waals surface area contributed by atoms with E-state index in [4.69, 9.17) is 4.74 Å². The Bertz CT molecular complexity index is 713. The third kappa shape index (κ3) is 4.87. The second kappa shape index (κ2) is 8.23. The van der Waals surface area contributed by atoms with E-state index in [1.807, 2.05) is 30.3 Å². The lowest BCUT2D eigenvalue weighted by atomic mass is 10.1. The molecule has 1 aliphatic heterocycles. The van der Waals surface area contributed by atoms with Crippen molar-refractivity contribution in [3.8, 4) is 5.75 Å². The van der Waals surface area contributed by atoms with Crippen molar-refractivity contribution in [2.75, 3.05) is 39.8 Å². The Balaban J connectivity index is 1.68. The Morgan fingerprint density at radius 2 is 1.80 bits per heavy atom. The third-order valence-corrected chi connectivity index (χ3v) is 4.44. The van der Waals surface area contributed by atoms with Crippen molar-refractivity contribution in [3.63, 3.8) is 0 Å². The minimum atomic E-state index is -0.404. The first-order valence-corrected chi connectivity index (χ1v) is 8.52. The second-order valence-corrected chi connectivity index (χ2v) is 6.42. The summed E-state index contributed by atoms with van der Waals surface area (Å²) < 4.78 is 19.4. The first-order valence-electron chi connectivity index (χ1n) is 8.52. The van der Waals surface area contributed by atoms with Crippen LogP contribution in [-0.4, -0.2) is 55.4 Å². The first kappa shape index (κ1) is 17.6. The Morgan fingerprint density at radius 1 is 1.08 bits per heavy atom. The molecular weight excluding hydrogens is 319 g/mol. The van der Waals surface area contributed by atoms with E-state index in [1.165, 1.54) is 18.2 Å². The van der Waals surface area contributed by atoms with Gasteiger partial charge in [-0.2, -0.15) is 0 Å². The molecule has 0 aliphatic carbocycles. The molecule has 0 N–H and O–H groups in total. The van der Waals surface area contributed by atoms with Crippen LogP contribution in [0.3, 0.4) is 0 Å². The lowest BCUT2D eigenvalue weighted by Gasteiger charge is -2.31. The summed E-state index contributed by atoms with van der Waals surface area (Å²) in [7, 11) is 2.08. The molecule has 0 spiro atoms. The van der Waals surface area contributed by atoms with Crippen molar-refractivity contribution < 1.29 is 13.9 Å². The van der Waals surface area contributed by atoms with Gasteiger partial charge in [0.05, 0.1) is 12.1 Å². The van der Waals surface area contributed by atoms with Crippen LogP contribution in [0.15, 0.2) is 48.5 Å². The molecule has 0 saturated carbocycles. The smallest absolute Gasteiger partial charge is 0.180 e. The topological polar surface area (TPSA) is 32.8 Å². The van der Waals surface area contributed by atoms with E-state index in [0.29, 0.717) is 24.5 Å². The molecule has 2 aromatic carbocycles. The summed E-state index contributed by atoms with van der Waals surface area (Å²) in [5.74, 6) is -0.130. The highest BCUT2D eigenvalue weighted by Crippen LogP contribution is 2.22. The number of ether oxygens (including phenoxy) is 1. The fraction of sp³-hybridized carbons (Fsp3) is 0.350. The molecule has 25 heavy (non-hydrogen) atoms. The van der Waals surface area contributed by atoms with Crippen molar-refractivity contribution in [3.05, 3.63) is 65.5 Å². The van der Waals surface area contributed by atoms with Crippen molar-refractivity contribution in [2.24, 2.45) is 0 Å². The summed E-state index contributed by atoms with van der Waals surface area (Å²) in [5, 5.41) is 0. The fourth-order valence-corrected chi connectivity index (χ4v) is 2.88. The van der Waals surface area contributed by atoms with Gasteiger partial charge in [-0.15, -0.1) is 0 Å². The average Bonchev–Trinajstić information content (AvgIpc) is 2.63. The normalized spacial score (nSPS) is 15.9. The molecule has 0 unspecified atom stereocenters. The quantitative estimate of drug-likeness (QED) is 0.756. The molecule has 1 fully saturated rings. The van der Waals surface area contributed by atoms with Gasteiger partial charge in [-0.05, 0) is 24.7 Å². The van der Waals surface area contributed by atoms with E-state index in [9.17, 15) is 9.18 Å². The zero-order chi connectivity index (χ0) is 17.6. The van der Waals surface area contributed by atoms with Crippen LogP contribution in [0.25, 0.3) is 0 Å². The van der Waals surface area contributed by atoms with Crippen LogP contribution in [0.2, 0.25) is 0 Å². The van der Waals surface area contributed by atoms with Crippen molar-refractivity contribution in [2.45, 2.75) is 6.61 Å². The number of hydrogen-bond donors (Lipinski definition) is 0. The van der Waals surface area contributed by atoms with Crippen LogP contribution in [0.5, 0.6) is 5.75 Å². The summed E-state index contributed by atoms with van der Waals surface area (Å²) >= 11 is 0. The molecule has 0 atom stereocenters. The molecule has 5 heteroatoms. The van der Waals surface area contributed by atoms with E-state index in [0.717, 1.165) is 31.7 Å². The van der Waals surface area contributed by atoms with Gasteiger partial charge < -0.3 is 9.64 Å². The molecule has 132 valence electrons. The third-order valence-electron chi connectivity index (χ3n) is 4.44. The SMILES string of the molecule is CN1CCN(CC(=O)c2ccc(F)cc2OCc2ccccc2)CC1. The van der Waals surface area contributed by atoms with E-state index in [2.05, 4.69) is 16.8 Å². The number of rotatable bonds is 6. The number of carbonyl (C=O) groups is 1. The van der Waals surface area contributed by atoms with Crippen LogP contribution in [0.4, 0.5) is 4.39 Å². The highest BCUT2D eigenvalue weighted by atomic mass is 19.1. The maximum Gasteiger partial charge on any atom is 0.180 e. The minimum absolute atomic E-state index is 0.0346. The van der Waals surface area contributed by atoms with Crippen molar-refractivity contribution >= 4 is 5.78 Å². The van der Waals surface area contributed by atoms with Crippen LogP contribution in [0.1, 0.15) is 15.9 Å². The van der Waals surface area contributed by atoms with Gasteiger partial charge in [0, 0.05) is 32.2 Å². The summed E-state index contributed by atoms with van der Waals surface area (Å²) in [6.07, 6.45) is 0. The summed E-state index contributed by atoms with van der Waals surface area (Å²) in [6.45, 7) is 4.27. The van der Waals surface area contributed by atoms with Crippen LogP contribution < -0.4 is 4.74 Å². The van der Waals surface area contributed by atoms with Crippen molar-refractivity contribution in [1.82, 2.24) is 9.80 Å². The maximum absolute atomic E-state index is 13.6. The van der Waals surface area contributed by atoms with Crippen molar-refractivity contribution in [1.29, 1.82) is 0 Å². The van der Waals surface area contributed by atoms with Gasteiger partial charge in [-0.25, -0.2) is 4.39 Å². The van der Waals surface area contributed by atoms with Crippen LogP contribution in [0, 0.1) is 5.82 Å². The van der Waals surface area contributed by atoms with Gasteiger partial charge in [-0.3, -0.25) is 9.69 Å². The van der Waals surface area contributed by atoms with Gasteiger partial charge in [0.15, 0.2) is 5.78 Å². The van der Waals surface area contributed by atoms with Gasteiger partial charge in [0.25, 0.3) is 0 Å². The molecular formula is C20H23FN2O2. The van der Waals surface area contributed by atoms with E-state index in [-0.39, 0.29) is 5.78 Å². The summed E-state index contributed by atoms with van der Waals surface area (Å²) in [5.41, 5.74) is 1.42. The number of carbonyl (C=O) groups excluding carboxylic acids is 1. The number of hydrogen-bond acceptors (Lipinski definition) is 4. The van der Waals surface area contributed by atoms with Gasteiger partial charge in [-0.1, -0.05) is 30.3 Å². The largest absolute Gasteiger partial charge is 0.488 e. The Morgan fingerprint density at radius 3 is 2.52 bits per heavy atom. The zero-order valence-corrected chi connectivity index (χ0v) is 14.5.